The van der Waals surface area contributed by atoms with Crippen molar-refractivity contribution in [3.63, 3.8) is 0 Å². The molecule has 1 aromatic rings. The molecular formula is C10H9BrF3NO2S. The third-order valence-corrected chi connectivity index (χ3v) is 3.43. The highest BCUT2D eigenvalue weighted by atomic mass is 79.9. The van der Waals surface area contributed by atoms with Crippen LogP contribution >= 0.6 is 27.3 Å². The Bertz CT molecular complexity index is 445. The monoisotopic (exact) mass is 343 g/mol. The zero-order valence-corrected chi connectivity index (χ0v) is 11.3. The lowest BCUT2D eigenvalue weighted by Gasteiger charge is -2.14. The molecule has 0 saturated heterocycles. The lowest BCUT2D eigenvalue weighted by atomic mass is 10.3. The van der Waals surface area contributed by atoms with E-state index in [0.717, 1.165) is 14.7 Å². The van der Waals surface area contributed by atoms with Crippen molar-refractivity contribution >= 4 is 39.2 Å². The number of halogens is 4. The molecule has 18 heavy (non-hydrogen) atoms. The first-order valence-corrected chi connectivity index (χ1v) is 6.36. The van der Waals surface area contributed by atoms with Gasteiger partial charge in [-0.05, 0) is 34.1 Å². The van der Waals surface area contributed by atoms with Crippen molar-refractivity contribution in [2.75, 3.05) is 6.54 Å². The Kier molecular flexibility index (Phi) is 5.36. The first kappa shape index (κ1) is 15.2. The number of hydrogen-bond acceptors (Lipinski definition) is 3. The third kappa shape index (κ3) is 5.19. The summed E-state index contributed by atoms with van der Waals surface area (Å²) in [7, 11) is 0. The van der Waals surface area contributed by atoms with Crippen molar-refractivity contribution in [3.05, 3.63) is 26.9 Å². The fourth-order valence-corrected chi connectivity index (χ4v) is 2.27. The van der Waals surface area contributed by atoms with Gasteiger partial charge in [0, 0.05) is 11.0 Å². The molecule has 3 nitrogen and oxygen atoms in total. The minimum Gasteiger partial charge on any atom is -0.382 e. The highest BCUT2D eigenvalue weighted by Gasteiger charge is 2.37. The van der Waals surface area contributed by atoms with Crippen molar-refractivity contribution in [1.82, 2.24) is 5.32 Å². The van der Waals surface area contributed by atoms with Crippen LogP contribution in [0.25, 0.3) is 6.08 Å². The van der Waals surface area contributed by atoms with E-state index in [9.17, 15) is 18.0 Å². The normalized spacial score (nSPS) is 13.8. The van der Waals surface area contributed by atoms with Gasteiger partial charge in [-0.25, -0.2) is 0 Å². The number of nitrogens with one attached hydrogen (secondary N) is 1. The van der Waals surface area contributed by atoms with E-state index in [2.05, 4.69) is 15.9 Å². The van der Waals surface area contributed by atoms with Crippen LogP contribution in [0.1, 0.15) is 4.88 Å². The number of aliphatic hydroxyl groups is 1. The van der Waals surface area contributed by atoms with Gasteiger partial charge in [-0.1, -0.05) is 0 Å². The highest BCUT2D eigenvalue weighted by molar-refractivity contribution is 9.11. The summed E-state index contributed by atoms with van der Waals surface area (Å²) in [6.07, 6.45) is -4.69. The third-order valence-electron chi connectivity index (χ3n) is 1.84. The van der Waals surface area contributed by atoms with Gasteiger partial charge in [-0.15, -0.1) is 11.3 Å². The Morgan fingerprint density at radius 1 is 1.56 bits per heavy atom. The lowest BCUT2D eigenvalue weighted by Crippen LogP contribution is -2.40. The van der Waals surface area contributed by atoms with E-state index in [1.54, 1.807) is 12.1 Å². The van der Waals surface area contributed by atoms with Crippen LogP contribution in [0.3, 0.4) is 0 Å². The number of aliphatic hydroxyl groups excluding tert-OH is 1. The summed E-state index contributed by atoms with van der Waals surface area (Å²) in [6.45, 7) is -0.860. The molecule has 0 spiro atoms. The number of rotatable bonds is 4. The number of hydrogen-bond donors (Lipinski definition) is 2. The molecule has 0 aromatic carbocycles. The maximum absolute atomic E-state index is 11.9. The SMILES string of the molecule is O=C(/C=C/c1ccc(Br)s1)NCC(O)C(F)(F)F. The van der Waals surface area contributed by atoms with Crippen LogP contribution in [0.15, 0.2) is 22.0 Å². The van der Waals surface area contributed by atoms with Crippen LogP contribution in [0.2, 0.25) is 0 Å². The van der Waals surface area contributed by atoms with E-state index < -0.39 is 24.7 Å². The van der Waals surface area contributed by atoms with Gasteiger partial charge in [0.15, 0.2) is 6.10 Å². The van der Waals surface area contributed by atoms with Crippen LogP contribution in [0.4, 0.5) is 13.2 Å². The quantitative estimate of drug-likeness (QED) is 0.825. The standard InChI is InChI=1S/C10H9BrF3NO2S/c11-8-3-1-6(18-8)2-4-9(17)15-5-7(16)10(12,13)14/h1-4,7,16H,5H2,(H,15,17)/b4-2+. The number of alkyl halides is 3. The lowest BCUT2D eigenvalue weighted by molar-refractivity contribution is -0.201. The van der Waals surface area contributed by atoms with Crippen molar-refractivity contribution in [2.24, 2.45) is 0 Å². The van der Waals surface area contributed by atoms with E-state index in [-0.39, 0.29) is 0 Å². The molecule has 1 heterocycles. The average molecular weight is 344 g/mol. The number of carbonyl (C=O) groups is 1. The smallest absolute Gasteiger partial charge is 0.382 e. The van der Waals surface area contributed by atoms with E-state index in [1.807, 2.05) is 5.32 Å². The Morgan fingerprint density at radius 3 is 2.72 bits per heavy atom. The van der Waals surface area contributed by atoms with Crippen molar-refractivity contribution in [3.8, 4) is 0 Å². The summed E-state index contributed by atoms with van der Waals surface area (Å²) in [4.78, 5) is 12.0. The second-order valence-corrected chi connectivity index (χ2v) is 5.77. The summed E-state index contributed by atoms with van der Waals surface area (Å²) in [5.74, 6) is -0.692. The fraction of sp³-hybridized carbons (Fsp3) is 0.300. The number of thiophene rings is 1. The molecule has 0 aliphatic heterocycles. The average Bonchev–Trinajstić information content (AvgIpc) is 2.67. The summed E-state index contributed by atoms with van der Waals surface area (Å²) < 4.78 is 36.7. The first-order valence-electron chi connectivity index (χ1n) is 4.75. The topological polar surface area (TPSA) is 49.3 Å². The van der Waals surface area contributed by atoms with Crippen molar-refractivity contribution < 1.29 is 23.1 Å². The second kappa shape index (κ2) is 6.35. The van der Waals surface area contributed by atoms with E-state index in [4.69, 9.17) is 5.11 Å². The molecule has 8 heteroatoms. The molecular weight excluding hydrogens is 335 g/mol. The number of carbonyl (C=O) groups excluding carboxylic acids is 1. The second-order valence-electron chi connectivity index (χ2n) is 3.28. The predicted molar refractivity (Wildman–Crippen MR) is 66.1 cm³/mol. The van der Waals surface area contributed by atoms with E-state index in [0.29, 0.717) is 0 Å². The first-order chi connectivity index (χ1) is 8.29. The van der Waals surface area contributed by atoms with Crippen LogP contribution in [-0.4, -0.2) is 29.8 Å². The molecule has 1 rings (SSSR count). The molecule has 0 bridgehead atoms. The van der Waals surface area contributed by atoms with Gasteiger partial charge >= 0.3 is 6.18 Å². The zero-order valence-electron chi connectivity index (χ0n) is 8.87. The predicted octanol–water partition coefficient (Wildman–Crippen LogP) is 2.56. The van der Waals surface area contributed by atoms with Crippen LogP contribution in [-0.2, 0) is 4.79 Å². The van der Waals surface area contributed by atoms with Gasteiger partial charge in [0.05, 0.1) is 10.3 Å². The molecule has 1 unspecified atom stereocenters. The Balaban J connectivity index is 2.41. The van der Waals surface area contributed by atoms with Gasteiger partial charge < -0.3 is 10.4 Å². The maximum atomic E-state index is 11.9. The van der Waals surface area contributed by atoms with Crippen molar-refractivity contribution in [2.45, 2.75) is 12.3 Å². The minimum atomic E-state index is -4.73. The number of amides is 1. The van der Waals surface area contributed by atoms with Crippen LogP contribution in [0, 0.1) is 0 Å². The summed E-state index contributed by atoms with van der Waals surface area (Å²) in [6, 6.07) is 3.54. The molecule has 1 atom stereocenters. The minimum absolute atomic E-state index is 0.692. The van der Waals surface area contributed by atoms with Gasteiger partial charge in [0.25, 0.3) is 0 Å². The Hall–Kier alpha value is -0.860. The zero-order chi connectivity index (χ0) is 13.8. The Morgan fingerprint density at radius 2 is 2.22 bits per heavy atom. The molecule has 2 N–H and O–H groups in total. The maximum Gasteiger partial charge on any atom is 0.416 e. The highest BCUT2D eigenvalue weighted by Crippen LogP contribution is 2.23. The van der Waals surface area contributed by atoms with E-state index in [1.165, 1.54) is 17.4 Å². The van der Waals surface area contributed by atoms with Gasteiger partial charge in [-0.3, -0.25) is 4.79 Å². The Labute approximate surface area is 113 Å². The van der Waals surface area contributed by atoms with Gasteiger partial charge in [0.1, 0.15) is 0 Å². The molecule has 1 aromatic heterocycles. The van der Waals surface area contributed by atoms with Crippen LogP contribution in [0.5, 0.6) is 0 Å². The fourth-order valence-electron chi connectivity index (χ4n) is 0.948. The van der Waals surface area contributed by atoms with Crippen molar-refractivity contribution in [1.29, 1.82) is 0 Å². The molecule has 0 aliphatic rings. The molecule has 0 fully saturated rings. The van der Waals surface area contributed by atoms with Gasteiger partial charge in [0.2, 0.25) is 5.91 Å². The summed E-state index contributed by atoms with van der Waals surface area (Å²) in [5.41, 5.74) is 0. The van der Waals surface area contributed by atoms with Gasteiger partial charge in [-0.2, -0.15) is 13.2 Å². The summed E-state index contributed by atoms with van der Waals surface area (Å²) >= 11 is 4.62. The van der Waals surface area contributed by atoms with Crippen LogP contribution < -0.4 is 5.32 Å². The largest absolute Gasteiger partial charge is 0.416 e. The molecule has 0 radical (unpaired) electrons. The molecule has 0 aliphatic carbocycles. The van der Waals surface area contributed by atoms with E-state index >= 15 is 0 Å². The summed E-state index contributed by atoms with van der Waals surface area (Å²) in [5, 5.41) is 10.6. The molecule has 100 valence electrons. The molecule has 1 amide bonds. The molecule has 0 saturated carbocycles.